The average Bonchev–Trinajstić information content (AvgIpc) is 3.42. The molecule has 0 atom stereocenters. The minimum absolute atomic E-state index is 0.0646. The van der Waals surface area contributed by atoms with Crippen LogP contribution in [0.2, 0.25) is 0 Å². The lowest BCUT2D eigenvalue weighted by Crippen LogP contribution is -2.19. The molecule has 4 nitrogen and oxygen atoms in total. The lowest BCUT2D eigenvalue weighted by Gasteiger charge is -2.30. The molecule has 0 bridgehead atoms. The Hall–Kier alpha value is -4.70. The molecule has 0 spiro atoms. The number of benzene rings is 4. The predicted octanol–water partition coefficient (Wildman–Crippen LogP) is 12.3. The van der Waals surface area contributed by atoms with E-state index in [9.17, 15) is 5.11 Å². The van der Waals surface area contributed by atoms with Gasteiger partial charge in [0.05, 0.1) is 22.3 Å². The number of rotatable bonds is 4. The zero-order valence-electron chi connectivity index (χ0n) is 32.0. The van der Waals surface area contributed by atoms with Crippen LogP contribution in [0.15, 0.2) is 97.2 Å². The molecule has 2 heterocycles. The molecular formula is C46H53N3O. The zero-order valence-corrected chi connectivity index (χ0v) is 32.0. The number of aromatic hydroxyl groups is 1. The minimum atomic E-state index is -0.147. The van der Waals surface area contributed by atoms with Gasteiger partial charge in [0.25, 0.3) is 0 Å². The number of nitrogens with zero attached hydrogens (tertiary/aromatic N) is 3. The number of hydrogen-bond donors (Lipinski definition) is 1. The SMILES string of the molecule is CC(C)(C)c1cc(-n2c(-c3ccccc3O)nc3c(-c4cc(-c5ccccn5)c(C(C)(C)C)cc4C(C)(C)C)cccc32)cc(C(C)(C)C)c1. The highest BCUT2D eigenvalue weighted by Gasteiger charge is 2.29. The van der Waals surface area contributed by atoms with Crippen LogP contribution in [0.5, 0.6) is 5.75 Å². The maximum atomic E-state index is 11.3. The first-order chi connectivity index (χ1) is 23.2. The van der Waals surface area contributed by atoms with Gasteiger partial charge in [-0.05, 0) is 98.0 Å². The highest BCUT2D eigenvalue weighted by atomic mass is 16.3. The van der Waals surface area contributed by atoms with Crippen molar-refractivity contribution >= 4 is 11.0 Å². The van der Waals surface area contributed by atoms with E-state index >= 15 is 0 Å². The Balaban J connectivity index is 1.76. The number of imidazole rings is 1. The molecule has 4 heteroatoms. The van der Waals surface area contributed by atoms with Crippen molar-refractivity contribution in [2.75, 3.05) is 0 Å². The molecule has 0 aliphatic carbocycles. The van der Waals surface area contributed by atoms with E-state index in [1.165, 1.54) is 22.3 Å². The fourth-order valence-corrected chi connectivity index (χ4v) is 6.83. The number of phenols is 1. The van der Waals surface area contributed by atoms with Crippen molar-refractivity contribution < 1.29 is 5.11 Å². The summed E-state index contributed by atoms with van der Waals surface area (Å²) >= 11 is 0. The summed E-state index contributed by atoms with van der Waals surface area (Å²) in [4.78, 5) is 10.3. The standard InChI is InChI=1S/C46H53N3O/c1-43(2,3)29-24-30(44(4,5)6)26-31(25-29)49-39-21-17-19-32(41(39)48-42(49)33-18-13-14-22-40(33)50)34-27-35(38-20-15-16-23-47-38)37(46(10,11)12)28-36(34)45(7,8)9/h13-28,50H,1-12H3. The summed E-state index contributed by atoms with van der Waals surface area (Å²) in [5.74, 6) is 0.918. The number of para-hydroxylation sites is 2. The topological polar surface area (TPSA) is 50.9 Å². The van der Waals surface area contributed by atoms with Gasteiger partial charge in [0.15, 0.2) is 0 Å². The summed E-state index contributed by atoms with van der Waals surface area (Å²) in [6, 6.07) is 31.9. The van der Waals surface area contributed by atoms with Gasteiger partial charge < -0.3 is 5.11 Å². The highest BCUT2D eigenvalue weighted by molar-refractivity contribution is 5.98. The van der Waals surface area contributed by atoms with Crippen molar-refractivity contribution in [3.05, 3.63) is 119 Å². The first-order valence-corrected chi connectivity index (χ1v) is 17.8. The Morgan fingerprint density at radius 2 is 1.10 bits per heavy atom. The van der Waals surface area contributed by atoms with Gasteiger partial charge in [0.1, 0.15) is 11.6 Å². The summed E-state index contributed by atoms with van der Waals surface area (Å²) in [6.07, 6.45) is 1.87. The van der Waals surface area contributed by atoms with Crippen molar-refractivity contribution in [3.8, 4) is 45.2 Å². The lowest BCUT2D eigenvalue weighted by atomic mass is 9.74. The number of pyridine rings is 1. The van der Waals surface area contributed by atoms with Crippen LogP contribution in [-0.4, -0.2) is 19.6 Å². The third kappa shape index (κ3) is 6.61. The molecular weight excluding hydrogens is 611 g/mol. The Morgan fingerprint density at radius 3 is 1.66 bits per heavy atom. The molecule has 0 aliphatic heterocycles. The average molecular weight is 664 g/mol. The first-order valence-electron chi connectivity index (χ1n) is 17.8. The van der Waals surface area contributed by atoms with Crippen molar-refractivity contribution in [3.63, 3.8) is 0 Å². The molecule has 6 aromatic rings. The van der Waals surface area contributed by atoms with Gasteiger partial charge in [-0.3, -0.25) is 9.55 Å². The molecule has 50 heavy (non-hydrogen) atoms. The van der Waals surface area contributed by atoms with Gasteiger partial charge >= 0.3 is 0 Å². The Morgan fingerprint density at radius 1 is 0.520 bits per heavy atom. The summed E-state index contributed by atoms with van der Waals surface area (Å²) in [5.41, 5.74) is 12.6. The van der Waals surface area contributed by atoms with Crippen LogP contribution >= 0.6 is 0 Å². The van der Waals surface area contributed by atoms with E-state index in [1.807, 2.05) is 30.5 Å². The molecule has 1 N–H and O–H groups in total. The first kappa shape index (κ1) is 35.1. The van der Waals surface area contributed by atoms with Crippen LogP contribution < -0.4 is 0 Å². The Kier molecular flexibility index (Phi) is 8.62. The number of phenolic OH excluding ortho intramolecular Hbond substituents is 1. The third-order valence-electron chi connectivity index (χ3n) is 9.74. The van der Waals surface area contributed by atoms with Gasteiger partial charge in [-0.1, -0.05) is 126 Å². The van der Waals surface area contributed by atoms with Crippen molar-refractivity contribution in [1.82, 2.24) is 14.5 Å². The monoisotopic (exact) mass is 663 g/mol. The maximum absolute atomic E-state index is 11.3. The molecule has 0 unspecified atom stereocenters. The summed E-state index contributed by atoms with van der Waals surface area (Å²) in [6.45, 7) is 27.3. The zero-order chi connectivity index (χ0) is 36.4. The molecule has 6 rings (SSSR count). The molecule has 0 saturated heterocycles. The largest absolute Gasteiger partial charge is 0.507 e. The van der Waals surface area contributed by atoms with E-state index in [-0.39, 0.29) is 27.4 Å². The summed E-state index contributed by atoms with van der Waals surface area (Å²) in [5, 5.41) is 11.3. The Labute approximate surface area is 299 Å². The minimum Gasteiger partial charge on any atom is -0.507 e. The van der Waals surface area contributed by atoms with Gasteiger partial charge in [0, 0.05) is 23.0 Å². The number of aromatic nitrogens is 3. The van der Waals surface area contributed by atoms with Crippen LogP contribution in [-0.2, 0) is 21.7 Å². The fourth-order valence-electron chi connectivity index (χ4n) is 6.83. The van der Waals surface area contributed by atoms with Gasteiger partial charge in [-0.2, -0.15) is 0 Å². The van der Waals surface area contributed by atoms with E-state index in [4.69, 9.17) is 9.97 Å². The molecule has 0 radical (unpaired) electrons. The van der Waals surface area contributed by atoms with Crippen molar-refractivity contribution in [2.24, 2.45) is 0 Å². The third-order valence-corrected chi connectivity index (χ3v) is 9.74. The van der Waals surface area contributed by atoms with E-state index in [2.05, 4.69) is 148 Å². The van der Waals surface area contributed by atoms with E-state index in [1.54, 1.807) is 6.07 Å². The molecule has 0 saturated carbocycles. The second-order valence-electron chi connectivity index (χ2n) is 17.9. The van der Waals surface area contributed by atoms with Gasteiger partial charge in [0.2, 0.25) is 0 Å². The van der Waals surface area contributed by atoms with Crippen LogP contribution in [0.3, 0.4) is 0 Å². The maximum Gasteiger partial charge on any atom is 0.149 e. The smallest absolute Gasteiger partial charge is 0.149 e. The van der Waals surface area contributed by atoms with Gasteiger partial charge in [-0.15, -0.1) is 0 Å². The van der Waals surface area contributed by atoms with Crippen LogP contribution in [0.1, 0.15) is 105 Å². The van der Waals surface area contributed by atoms with E-state index in [0.29, 0.717) is 11.4 Å². The lowest BCUT2D eigenvalue weighted by molar-refractivity contribution is 0.477. The molecule has 0 fully saturated rings. The predicted molar refractivity (Wildman–Crippen MR) is 212 cm³/mol. The van der Waals surface area contributed by atoms with Crippen molar-refractivity contribution in [2.45, 2.75) is 105 Å². The summed E-state index contributed by atoms with van der Waals surface area (Å²) < 4.78 is 2.25. The molecule has 4 aromatic carbocycles. The second kappa shape index (κ2) is 12.3. The van der Waals surface area contributed by atoms with Crippen LogP contribution in [0, 0.1) is 0 Å². The molecule has 0 amide bonds. The Bertz CT molecular complexity index is 2160. The van der Waals surface area contributed by atoms with Crippen LogP contribution in [0.25, 0.3) is 50.5 Å². The number of hydrogen-bond acceptors (Lipinski definition) is 3. The fraction of sp³-hybridized carbons (Fsp3) is 0.348. The normalized spacial score (nSPS) is 12.9. The summed E-state index contributed by atoms with van der Waals surface area (Å²) in [7, 11) is 0. The van der Waals surface area contributed by atoms with E-state index in [0.717, 1.165) is 39.1 Å². The van der Waals surface area contributed by atoms with E-state index < -0.39 is 0 Å². The molecule has 0 aliphatic rings. The highest BCUT2D eigenvalue weighted by Crippen LogP contribution is 2.45. The molecule has 258 valence electrons. The number of fused-ring (bicyclic) bond motifs is 1. The van der Waals surface area contributed by atoms with Crippen LogP contribution in [0.4, 0.5) is 0 Å². The van der Waals surface area contributed by atoms with Crippen molar-refractivity contribution in [1.29, 1.82) is 0 Å². The van der Waals surface area contributed by atoms with Gasteiger partial charge in [-0.25, -0.2) is 4.98 Å². The molecule has 2 aromatic heterocycles. The quantitative estimate of drug-likeness (QED) is 0.204. The second-order valence-corrected chi connectivity index (χ2v) is 17.9.